The molecule has 1 atom stereocenters. The van der Waals surface area contributed by atoms with Crippen LogP contribution in [0.1, 0.15) is 41.1 Å². The van der Waals surface area contributed by atoms with Gasteiger partial charge in [0.1, 0.15) is 0 Å². The van der Waals surface area contributed by atoms with Gasteiger partial charge in [-0.2, -0.15) is 0 Å². The number of hydrogen-bond donors (Lipinski definition) is 1. The van der Waals surface area contributed by atoms with Gasteiger partial charge in [0, 0.05) is 31.4 Å². The van der Waals surface area contributed by atoms with Gasteiger partial charge in [-0.1, -0.05) is 42.0 Å². The van der Waals surface area contributed by atoms with Gasteiger partial charge in [-0.15, -0.1) is 0 Å². The van der Waals surface area contributed by atoms with E-state index in [0.29, 0.717) is 6.04 Å². The van der Waals surface area contributed by atoms with Gasteiger partial charge in [0.15, 0.2) is 0 Å². The lowest BCUT2D eigenvalue weighted by atomic mass is 9.86. The van der Waals surface area contributed by atoms with E-state index in [0.717, 1.165) is 32.8 Å². The lowest BCUT2D eigenvalue weighted by Crippen LogP contribution is -2.37. The van der Waals surface area contributed by atoms with Crippen LogP contribution in [0.5, 0.6) is 0 Å². The van der Waals surface area contributed by atoms with E-state index in [2.05, 4.69) is 59.6 Å². The Labute approximate surface area is 151 Å². The number of nitrogens with zero attached hydrogens (tertiary/aromatic N) is 1. The molecule has 0 radical (unpaired) electrons. The average molecular weight is 336 g/mol. The van der Waals surface area contributed by atoms with Crippen LogP contribution >= 0.6 is 0 Å². The topological polar surface area (TPSA) is 24.5 Å². The summed E-state index contributed by atoms with van der Waals surface area (Å²) in [5.74, 6) is 0. The van der Waals surface area contributed by atoms with Gasteiger partial charge in [0.05, 0.1) is 13.2 Å². The Kier molecular flexibility index (Phi) is 5.04. The third-order valence-corrected chi connectivity index (χ3v) is 5.50. The normalized spacial score (nSPS) is 20.4. The van der Waals surface area contributed by atoms with Crippen molar-refractivity contribution >= 4 is 5.69 Å². The molecule has 3 heteroatoms. The highest BCUT2D eigenvalue weighted by Gasteiger charge is 2.21. The molecule has 0 aromatic heterocycles. The Morgan fingerprint density at radius 3 is 2.84 bits per heavy atom. The van der Waals surface area contributed by atoms with E-state index in [1.54, 1.807) is 0 Å². The van der Waals surface area contributed by atoms with E-state index in [-0.39, 0.29) is 0 Å². The van der Waals surface area contributed by atoms with E-state index >= 15 is 0 Å². The number of morpholine rings is 1. The van der Waals surface area contributed by atoms with Crippen molar-refractivity contribution in [1.82, 2.24) is 5.32 Å². The fraction of sp³-hybridized carbons (Fsp3) is 0.455. The molecule has 25 heavy (non-hydrogen) atoms. The van der Waals surface area contributed by atoms with Crippen molar-refractivity contribution < 1.29 is 4.74 Å². The zero-order valence-corrected chi connectivity index (χ0v) is 15.1. The Bertz CT molecular complexity index is 722. The summed E-state index contributed by atoms with van der Waals surface area (Å²) < 4.78 is 5.51. The number of hydrogen-bond acceptors (Lipinski definition) is 3. The SMILES string of the molecule is Cc1ccc2c(c1)[C@@H](NCc1ccccc1N1CCOCC1)CCC2. The van der Waals surface area contributed by atoms with Crippen LogP contribution < -0.4 is 10.2 Å². The summed E-state index contributed by atoms with van der Waals surface area (Å²) in [6, 6.07) is 16.2. The predicted molar refractivity (Wildman–Crippen MR) is 103 cm³/mol. The minimum atomic E-state index is 0.474. The Morgan fingerprint density at radius 2 is 1.96 bits per heavy atom. The highest BCUT2D eigenvalue weighted by atomic mass is 16.5. The zero-order chi connectivity index (χ0) is 17.1. The van der Waals surface area contributed by atoms with Crippen LogP contribution in [-0.4, -0.2) is 26.3 Å². The van der Waals surface area contributed by atoms with Gasteiger partial charge in [-0.05, 0) is 48.9 Å². The van der Waals surface area contributed by atoms with Crippen LogP contribution in [0.15, 0.2) is 42.5 Å². The number of ether oxygens (including phenoxy) is 1. The second-order valence-corrected chi connectivity index (χ2v) is 7.26. The molecular formula is C22H28N2O. The van der Waals surface area contributed by atoms with Crippen molar-refractivity contribution in [2.75, 3.05) is 31.2 Å². The van der Waals surface area contributed by atoms with E-state index in [4.69, 9.17) is 4.74 Å². The molecule has 1 aliphatic heterocycles. The second-order valence-electron chi connectivity index (χ2n) is 7.26. The monoisotopic (exact) mass is 336 g/mol. The van der Waals surface area contributed by atoms with Gasteiger partial charge in [0.25, 0.3) is 0 Å². The predicted octanol–water partition coefficient (Wildman–Crippen LogP) is 4.00. The maximum Gasteiger partial charge on any atom is 0.0642 e. The lowest BCUT2D eigenvalue weighted by molar-refractivity contribution is 0.122. The third-order valence-electron chi connectivity index (χ3n) is 5.50. The minimum Gasteiger partial charge on any atom is -0.378 e. The maximum absolute atomic E-state index is 5.51. The average Bonchev–Trinajstić information content (AvgIpc) is 2.67. The molecule has 4 rings (SSSR count). The minimum absolute atomic E-state index is 0.474. The van der Waals surface area contributed by atoms with Gasteiger partial charge in [0.2, 0.25) is 0 Å². The second kappa shape index (κ2) is 7.59. The molecule has 1 saturated heterocycles. The first-order chi connectivity index (χ1) is 12.3. The van der Waals surface area contributed by atoms with E-state index in [1.165, 1.54) is 47.2 Å². The van der Waals surface area contributed by atoms with Crippen LogP contribution in [-0.2, 0) is 17.7 Å². The number of rotatable bonds is 4. The summed E-state index contributed by atoms with van der Waals surface area (Å²) >= 11 is 0. The molecule has 1 fully saturated rings. The van der Waals surface area contributed by atoms with Crippen molar-refractivity contribution in [3.8, 4) is 0 Å². The standard InChI is InChI=1S/C22H28N2O/c1-17-9-10-18-6-4-7-21(20(18)15-17)23-16-19-5-2-3-8-22(19)24-11-13-25-14-12-24/h2-3,5,8-10,15,21,23H,4,6-7,11-14,16H2,1H3/t21-/m0/s1. The number of para-hydroxylation sites is 1. The molecular weight excluding hydrogens is 308 g/mol. The number of nitrogens with one attached hydrogen (secondary N) is 1. The number of benzene rings is 2. The zero-order valence-electron chi connectivity index (χ0n) is 15.1. The molecule has 0 amide bonds. The molecule has 3 nitrogen and oxygen atoms in total. The van der Waals surface area contributed by atoms with Crippen molar-refractivity contribution in [3.63, 3.8) is 0 Å². The van der Waals surface area contributed by atoms with Crippen molar-refractivity contribution in [2.45, 2.75) is 38.8 Å². The first-order valence-electron chi connectivity index (χ1n) is 9.55. The third kappa shape index (κ3) is 3.73. The summed E-state index contributed by atoms with van der Waals surface area (Å²) in [6.07, 6.45) is 3.73. The highest BCUT2D eigenvalue weighted by molar-refractivity contribution is 5.54. The van der Waals surface area contributed by atoms with Crippen LogP contribution in [0, 0.1) is 6.92 Å². The van der Waals surface area contributed by atoms with Crippen molar-refractivity contribution in [2.24, 2.45) is 0 Å². The van der Waals surface area contributed by atoms with Gasteiger partial charge in [-0.3, -0.25) is 0 Å². The van der Waals surface area contributed by atoms with Crippen LogP contribution in [0.3, 0.4) is 0 Å². The fourth-order valence-corrected chi connectivity index (χ4v) is 4.14. The highest BCUT2D eigenvalue weighted by Crippen LogP contribution is 2.31. The van der Waals surface area contributed by atoms with E-state index < -0.39 is 0 Å². The van der Waals surface area contributed by atoms with Gasteiger partial charge >= 0.3 is 0 Å². The molecule has 2 aliphatic rings. The van der Waals surface area contributed by atoms with Crippen LogP contribution in [0.2, 0.25) is 0 Å². The molecule has 0 bridgehead atoms. The van der Waals surface area contributed by atoms with Crippen LogP contribution in [0.4, 0.5) is 5.69 Å². The molecule has 1 N–H and O–H groups in total. The quantitative estimate of drug-likeness (QED) is 0.913. The van der Waals surface area contributed by atoms with Crippen LogP contribution in [0.25, 0.3) is 0 Å². The number of anilines is 1. The number of fused-ring (bicyclic) bond motifs is 1. The molecule has 132 valence electrons. The molecule has 0 saturated carbocycles. The molecule has 0 unspecified atom stereocenters. The summed E-state index contributed by atoms with van der Waals surface area (Å²) in [7, 11) is 0. The summed E-state index contributed by atoms with van der Waals surface area (Å²) in [5.41, 5.74) is 7.15. The first-order valence-corrected chi connectivity index (χ1v) is 9.55. The summed E-state index contributed by atoms with van der Waals surface area (Å²) in [4.78, 5) is 2.46. The fourth-order valence-electron chi connectivity index (χ4n) is 4.14. The first kappa shape index (κ1) is 16.6. The van der Waals surface area contributed by atoms with E-state index in [9.17, 15) is 0 Å². The van der Waals surface area contributed by atoms with Gasteiger partial charge < -0.3 is 15.0 Å². The van der Waals surface area contributed by atoms with E-state index in [1.807, 2.05) is 0 Å². The van der Waals surface area contributed by atoms with Gasteiger partial charge in [-0.25, -0.2) is 0 Å². The Morgan fingerprint density at radius 1 is 1.12 bits per heavy atom. The summed E-state index contributed by atoms with van der Waals surface area (Å²) in [6.45, 7) is 6.75. The summed E-state index contributed by atoms with van der Waals surface area (Å²) in [5, 5.41) is 3.84. The molecule has 2 aromatic rings. The molecule has 1 aliphatic carbocycles. The number of aryl methyl sites for hydroxylation is 2. The molecule has 0 spiro atoms. The largest absolute Gasteiger partial charge is 0.378 e. The van der Waals surface area contributed by atoms with Crippen molar-refractivity contribution in [3.05, 3.63) is 64.7 Å². The molecule has 1 heterocycles. The Balaban J connectivity index is 1.50. The lowest BCUT2D eigenvalue weighted by Gasteiger charge is -2.32. The molecule has 2 aromatic carbocycles. The Hall–Kier alpha value is -1.84. The smallest absolute Gasteiger partial charge is 0.0642 e. The van der Waals surface area contributed by atoms with Crippen molar-refractivity contribution in [1.29, 1.82) is 0 Å². The maximum atomic E-state index is 5.51.